The van der Waals surface area contributed by atoms with Crippen molar-refractivity contribution in [1.29, 1.82) is 0 Å². The normalized spacial score (nSPS) is 13.1. The predicted molar refractivity (Wildman–Crippen MR) is 81.2 cm³/mol. The van der Waals surface area contributed by atoms with Crippen molar-refractivity contribution < 1.29 is 8.42 Å². The molecule has 0 spiro atoms. The summed E-state index contributed by atoms with van der Waals surface area (Å²) in [6.07, 6.45) is 0.670. The van der Waals surface area contributed by atoms with E-state index in [1.165, 1.54) is 12.1 Å². The van der Waals surface area contributed by atoms with Crippen molar-refractivity contribution in [3.63, 3.8) is 0 Å². The highest BCUT2D eigenvalue weighted by molar-refractivity contribution is 7.89. The molecule has 0 amide bonds. The van der Waals surface area contributed by atoms with Gasteiger partial charge in [-0.05, 0) is 30.2 Å². The van der Waals surface area contributed by atoms with E-state index in [9.17, 15) is 8.42 Å². The second-order valence-electron chi connectivity index (χ2n) is 4.45. The van der Waals surface area contributed by atoms with Crippen LogP contribution in [0.4, 0.5) is 0 Å². The average molecular weight is 310 g/mol. The van der Waals surface area contributed by atoms with Crippen LogP contribution in [0.15, 0.2) is 59.5 Å². The molecule has 0 radical (unpaired) electrons. The summed E-state index contributed by atoms with van der Waals surface area (Å²) in [6.45, 7) is 1.94. The van der Waals surface area contributed by atoms with Gasteiger partial charge in [-0.1, -0.05) is 54.9 Å². The van der Waals surface area contributed by atoms with Crippen LogP contribution in [0.1, 0.15) is 24.9 Å². The second-order valence-corrected chi connectivity index (χ2v) is 6.60. The van der Waals surface area contributed by atoms with Gasteiger partial charge >= 0.3 is 0 Å². The Balaban J connectivity index is 2.27. The molecule has 5 heteroatoms. The smallest absolute Gasteiger partial charge is 0.207 e. The fourth-order valence-corrected chi connectivity index (χ4v) is 3.57. The van der Waals surface area contributed by atoms with E-state index in [0.29, 0.717) is 11.4 Å². The van der Waals surface area contributed by atoms with Crippen molar-refractivity contribution in [2.45, 2.75) is 24.3 Å². The van der Waals surface area contributed by atoms with Crippen LogP contribution in [0.5, 0.6) is 0 Å². The Morgan fingerprint density at radius 2 is 1.80 bits per heavy atom. The Labute approximate surface area is 124 Å². The van der Waals surface area contributed by atoms with Crippen LogP contribution in [-0.2, 0) is 10.0 Å². The Morgan fingerprint density at radius 1 is 1.10 bits per heavy atom. The first-order valence-electron chi connectivity index (χ1n) is 6.36. The largest absolute Gasteiger partial charge is 0.241 e. The van der Waals surface area contributed by atoms with Crippen molar-refractivity contribution in [3.05, 3.63) is 65.2 Å². The SMILES string of the molecule is CCC(NS(=O)(=O)c1cccc(Cl)c1)c1ccccc1. The zero-order valence-electron chi connectivity index (χ0n) is 11.1. The molecule has 0 aliphatic rings. The number of sulfonamides is 1. The Morgan fingerprint density at radius 3 is 2.40 bits per heavy atom. The number of nitrogens with one attached hydrogen (secondary N) is 1. The maximum atomic E-state index is 12.4. The first kappa shape index (κ1) is 15.0. The first-order valence-corrected chi connectivity index (χ1v) is 8.22. The molecular formula is C15H16ClNO2S. The second kappa shape index (κ2) is 6.39. The van der Waals surface area contributed by atoms with Gasteiger partial charge in [0.25, 0.3) is 0 Å². The van der Waals surface area contributed by atoms with E-state index in [-0.39, 0.29) is 10.9 Å². The lowest BCUT2D eigenvalue weighted by molar-refractivity contribution is 0.550. The third-order valence-corrected chi connectivity index (χ3v) is 4.72. The summed E-state index contributed by atoms with van der Waals surface area (Å²) in [5.74, 6) is 0. The standard InChI is InChI=1S/C15H16ClNO2S/c1-2-15(12-7-4-3-5-8-12)17-20(18,19)14-10-6-9-13(16)11-14/h3-11,15,17H,2H2,1H3. The lowest BCUT2D eigenvalue weighted by Crippen LogP contribution is -2.28. The molecule has 2 aromatic rings. The summed E-state index contributed by atoms with van der Waals surface area (Å²) in [5.41, 5.74) is 0.945. The van der Waals surface area contributed by atoms with Crippen LogP contribution in [0, 0.1) is 0 Å². The van der Waals surface area contributed by atoms with E-state index in [0.717, 1.165) is 5.56 Å². The predicted octanol–water partition coefficient (Wildman–Crippen LogP) is 3.77. The average Bonchev–Trinajstić information content (AvgIpc) is 2.46. The molecule has 1 unspecified atom stereocenters. The van der Waals surface area contributed by atoms with Crippen LogP contribution in [0.2, 0.25) is 5.02 Å². The molecule has 2 rings (SSSR count). The van der Waals surface area contributed by atoms with Gasteiger partial charge in [0.1, 0.15) is 0 Å². The van der Waals surface area contributed by atoms with E-state index in [1.807, 2.05) is 37.3 Å². The zero-order valence-corrected chi connectivity index (χ0v) is 12.7. The summed E-state index contributed by atoms with van der Waals surface area (Å²) in [5, 5.41) is 0.403. The minimum Gasteiger partial charge on any atom is -0.207 e. The monoisotopic (exact) mass is 309 g/mol. The van der Waals surface area contributed by atoms with Crippen LogP contribution in [0.3, 0.4) is 0 Å². The number of halogens is 1. The van der Waals surface area contributed by atoms with Crippen molar-refractivity contribution in [2.24, 2.45) is 0 Å². The molecule has 1 atom stereocenters. The number of rotatable bonds is 5. The summed E-state index contributed by atoms with van der Waals surface area (Å²) in [7, 11) is -3.58. The van der Waals surface area contributed by atoms with Crippen LogP contribution in [0.25, 0.3) is 0 Å². The molecule has 3 nitrogen and oxygen atoms in total. The zero-order chi connectivity index (χ0) is 14.6. The molecule has 0 saturated carbocycles. The van der Waals surface area contributed by atoms with Gasteiger partial charge in [-0.3, -0.25) is 0 Å². The fraction of sp³-hybridized carbons (Fsp3) is 0.200. The lowest BCUT2D eigenvalue weighted by Gasteiger charge is -2.17. The number of benzene rings is 2. The molecule has 0 bridgehead atoms. The number of hydrogen-bond donors (Lipinski definition) is 1. The summed E-state index contributed by atoms with van der Waals surface area (Å²) < 4.78 is 27.4. The molecule has 20 heavy (non-hydrogen) atoms. The Bertz CT molecular complexity index is 671. The lowest BCUT2D eigenvalue weighted by atomic mass is 10.1. The maximum Gasteiger partial charge on any atom is 0.241 e. The van der Waals surface area contributed by atoms with Gasteiger partial charge in [0.15, 0.2) is 0 Å². The van der Waals surface area contributed by atoms with Crippen molar-refractivity contribution in [3.8, 4) is 0 Å². The third-order valence-electron chi connectivity index (χ3n) is 3.01. The van der Waals surface area contributed by atoms with Gasteiger partial charge in [-0.2, -0.15) is 0 Å². The number of hydrogen-bond acceptors (Lipinski definition) is 2. The van der Waals surface area contributed by atoms with Gasteiger partial charge in [-0.25, -0.2) is 13.1 Å². The van der Waals surface area contributed by atoms with E-state index in [4.69, 9.17) is 11.6 Å². The topological polar surface area (TPSA) is 46.2 Å². The highest BCUT2D eigenvalue weighted by Gasteiger charge is 2.20. The van der Waals surface area contributed by atoms with E-state index in [1.54, 1.807) is 12.1 Å². The van der Waals surface area contributed by atoms with Crippen molar-refractivity contribution in [2.75, 3.05) is 0 Å². The van der Waals surface area contributed by atoms with Crippen molar-refractivity contribution >= 4 is 21.6 Å². The quantitative estimate of drug-likeness (QED) is 0.914. The minimum atomic E-state index is -3.58. The molecule has 0 aliphatic carbocycles. The molecule has 0 aliphatic heterocycles. The summed E-state index contributed by atoms with van der Waals surface area (Å²) in [6, 6.07) is 15.5. The maximum absolute atomic E-state index is 12.4. The van der Waals surface area contributed by atoms with Crippen molar-refractivity contribution in [1.82, 2.24) is 4.72 Å². The molecule has 1 N–H and O–H groups in total. The van der Waals surface area contributed by atoms with Gasteiger partial charge in [0.2, 0.25) is 10.0 Å². The summed E-state index contributed by atoms with van der Waals surface area (Å²) in [4.78, 5) is 0.180. The molecule has 106 valence electrons. The van der Waals surface area contributed by atoms with Crippen LogP contribution < -0.4 is 4.72 Å². The first-order chi connectivity index (χ1) is 9.53. The molecular weight excluding hydrogens is 294 g/mol. The van der Waals surface area contributed by atoms with Gasteiger partial charge in [0, 0.05) is 11.1 Å². The highest BCUT2D eigenvalue weighted by atomic mass is 35.5. The van der Waals surface area contributed by atoms with E-state index in [2.05, 4.69) is 4.72 Å². The molecule has 0 saturated heterocycles. The van der Waals surface area contributed by atoms with Gasteiger partial charge in [0.05, 0.1) is 4.90 Å². The van der Waals surface area contributed by atoms with Gasteiger partial charge in [-0.15, -0.1) is 0 Å². The molecule has 0 aromatic heterocycles. The highest BCUT2D eigenvalue weighted by Crippen LogP contribution is 2.21. The van der Waals surface area contributed by atoms with Crippen LogP contribution >= 0.6 is 11.6 Å². The molecule has 0 fully saturated rings. The molecule has 2 aromatic carbocycles. The van der Waals surface area contributed by atoms with Gasteiger partial charge < -0.3 is 0 Å². The van der Waals surface area contributed by atoms with E-state index >= 15 is 0 Å². The third kappa shape index (κ3) is 3.60. The molecule has 0 heterocycles. The summed E-state index contributed by atoms with van der Waals surface area (Å²) >= 11 is 5.85. The Hall–Kier alpha value is -1.36. The fourth-order valence-electron chi connectivity index (χ4n) is 1.96. The van der Waals surface area contributed by atoms with Crippen LogP contribution in [-0.4, -0.2) is 8.42 Å². The Kier molecular flexibility index (Phi) is 4.81. The minimum absolute atomic E-state index is 0.180. The van der Waals surface area contributed by atoms with E-state index < -0.39 is 10.0 Å².